The fourth-order valence-corrected chi connectivity index (χ4v) is 3.57. The van der Waals surface area contributed by atoms with Crippen molar-refractivity contribution in [2.45, 2.75) is 18.2 Å². The van der Waals surface area contributed by atoms with E-state index in [1.165, 1.54) is 12.1 Å². The van der Waals surface area contributed by atoms with Gasteiger partial charge in [-0.15, -0.1) is 0 Å². The molecule has 0 unspecified atom stereocenters. The molecule has 0 aliphatic rings. The minimum Gasteiger partial charge on any atom is -0.280 e. The molecule has 0 bridgehead atoms. The highest BCUT2D eigenvalue weighted by atomic mass is 35.5. The van der Waals surface area contributed by atoms with Gasteiger partial charge < -0.3 is 0 Å². The number of benzene rings is 2. The Kier molecular flexibility index (Phi) is 4.24. The molecule has 118 valence electrons. The van der Waals surface area contributed by atoms with Crippen LogP contribution in [0.3, 0.4) is 0 Å². The third-order valence-electron chi connectivity index (χ3n) is 3.60. The number of hydrogen-bond acceptors (Lipinski definition) is 3. The van der Waals surface area contributed by atoms with Gasteiger partial charge in [0.15, 0.2) is 0 Å². The van der Waals surface area contributed by atoms with Gasteiger partial charge in [-0.1, -0.05) is 24.6 Å². The van der Waals surface area contributed by atoms with Crippen molar-refractivity contribution in [1.29, 1.82) is 0 Å². The van der Waals surface area contributed by atoms with Crippen LogP contribution in [0.25, 0.3) is 10.8 Å². The van der Waals surface area contributed by atoms with E-state index >= 15 is 0 Å². The number of aromatic nitrogens is 1. The minimum absolute atomic E-state index is 0.174. The first-order valence-corrected chi connectivity index (χ1v) is 9.01. The first-order chi connectivity index (χ1) is 11.0. The summed E-state index contributed by atoms with van der Waals surface area (Å²) in [5, 5.41) is 2.48. The van der Waals surface area contributed by atoms with Crippen LogP contribution in [-0.4, -0.2) is 13.4 Å². The zero-order chi connectivity index (χ0) is 16.4. The second-order valence-electron chi connectivity index (χ2n) is 5.15. The normalized spacial score (nSPS) is 11.6. The third-order valence-corrected chi connectivity index (χ3v) is 5.25. The Morgan fingerprint density at radius 3 is 2.52 bits per heavy atom. The van der Waals surface area contributed by atoms with Crippen molar-refractivity contribution in [3.8, 4) is 0 Å². The fourth-order valence-electron chi connectivity index (χ4n) is 2.40. The highest BCUT2D eigenvalue weighted by Gasteiger charge is 2.14. The van der Waals surface area contributed by atoms with Gasteiger partial charge in [0.1, 0.15) is 0 Å². The predicted octanol–water partition coefficient (Wildman–Crippen LogP) is 4.25. The summed E-state index contributed by atoms with van der Waals surface area (Å²) in [4.78, 5) is 4.37. The molecule has 3 rings (SSSR count). The number of fused-ring (bicyclic) bond motifs is 1. The van der Waals surface area contributed by atoms with Crippen LogP contribution in [0.1, 0.15) is 12.5 Å². The molecule has 0 fully saturated rings. The van der Waals surface area contributed by atoms with Crippen molar-refractivity contribution in [2.75, 3.05) is 4.72 Å². The molecule has 2 aromatic carbocycles. The number of aryl methyl sites for hydroxylation is 1. The lowest BCUT2D eigenvalue weighted by molar-refractivity contribution is 0.601. The molecule has 0 spiro atoms. The van der Waals surface area contributed by atoms with Gasteiger partial charge in [0.25, 0.3) is 10.0 Å². The van der Waals surface area contributed by atoms with Gasteiger partial charge in [0, 0.05) is 28.5 Å². The Labute approximate surface area is 140 Å². The van der Waals surface area contributed by atoms with Crippen molar-refractivity contribution in [2.24, 2.45) is 0 Å². The summed E-state index contributed by atoms with van der Waals surface area (Å²) in [7, 11) is -3.64. The molecule has 23 heavy (non-hydrogen) atoms. The summed E-state index contributed by atoms with van der Waals surface area (Å²) >= 11 is 5.80. The number of nitrogens with zero attached hydrogens (tertiary/aromatic N) is 1. The average Bonchev–Trinajstić information content (AvgIpc) is 2.54. The van der Waals surface area contributed by atoms with E-state index < -0.39 is 10.0 Å². The zero-order valence-corrected chi connectivity index (χ0v) is 14.0. The molecule has 0 radical (unpaired) electrons. The van der Waals surface area contributed by atoms with E-state index in [0.29, 0.717) is 10.7 Å². The Hall–Kier alpha value is -2.11. The van der Waals surface area contributed by atoms with Gasteiger partial charge in [-0.25, -0.2) is 8.42 Å². The molecule has 1 heterocycles. The molecule has 4 nitrogen and oxygen atoms in total. The van der Waals surface area contributed by atoms with Crippen molar-refractivity contribution in [3.63, 3.8) is 0 Å². The first-order valence-electron chi connectivity index (χ1n) is 7.14. The Morgan fingerprint density at radius 2 is 1.83 bits per heavy atom. The average molecular weight is 347 g/mol. The SMILES string of the molecule is CCc1cncc2ccc(NS(=O)(=O)c3ccc(Cl)cc3)cc12. The maximum Gasteiger partial charge on any atom is 0.261 e. The van der Waals surface area contributed by atoms with Gasteiger partial charge in [-0.3, -0.25) is 9.71 Å². The molecular weight excluding hydrogens is 332 g/mol. The molecule has 1 aromatic heterocycles. The number of hydrogen-bond donors (Lipinski definition) is 1. The minimum atomic E-state index is -3.64. The molecule has 0 aliphatic carbocycles. The highest BCUT2D eigenvalue weighted by molar-refractivity contribution is 7.92. The summed E-state index contributed by atoms with van der Waals surface area (Å²) < 4.78 is 27.5. The Bertz CT molecular complexity index is 954. The van der Waals surface area contributed by atoms with E-state index in [-0.39, 0.29) is 4.90 Å². The fraction of sp³-hybridized carbons (Fsp3) is 0.118. The van der Waals surface area contributed by atoms with Crippen LogP contribution in [0, 0.1) is 0 Å². The van der Waals surface area contributed by atoms with Crippen LogP contribution >= 0.6 is 11.6 Å². The van der Waals surface area contributed by atoms with E-state index in [9.17, 15) is 8.42 Å². The van der Waals surface area contributed by atoms with Gasteiger partial charge >= 0.3 is 0 Å². The number of nitrogens with one attached hydrogen (secondary N) is 1. The monoisotopic (exact) mass is 346 g/mol. The summed E-state index contributed by atoms with van der Waals surface area (Å²) in [6, 6.07) is 11.5. The zero-order valence-electron chi connectivity index (χ0n) is 12.5. The van der Waals surface area contributed by atoms with Crippen molar-refractivity contribution in [3.05, 3.63) is 65.4 Å². The lowest BCUT2D eigenvalue weighted by Gasteiger charge is -2.10. The summed E-state index contributed by atoms with van der Waals surface area (Å²) in [6.07, 6.45) is 4.41. The molecule has 1 N–H and O–H groups in total. The number of pyridine rings is 1. The van der Waals surface area contributed by atoms with Gasteiger partial charge in [-0.2, -0.15) is 0 Å². The van der Waals surface area contributed by atoms with Crippen molar-refractivity contribution >= 4 is 38.1 Å². The highest BCUT2D eigenvalue weighted by Crippen LogP contribution is 2.24. The van der Waals surface area contributed by atoms with E-state index in [1.54, 1.807) is 30.6 Å². The van der Waals surface area contributed by atoms with Crippen molar-refractivity contribution in [1.82, 2.24) is 4.98 Å². The summed E-state index contributed by atoms with van der Waals surface area (Å²) in [5.41, 5.74) is 1.60. The van der Waals surface area contributed by atoms with Gasteiger partial charge in [0.2, 0.25) is 0 Å². The molecule has 0 saturated carbocycles. The number of anilines is 1. The second-order valence-corrected chi connectivity index (χ2v) is 7.27. The molecule has 0 saturated heterocycles. The Balaban J connectivity index is 1.99. The Morgan fingerprint density at radius 1 is 1.09 bits per heavy atom. The van der Waals surface area contributed by atoms with Crippen LogP contribution in [0.15, 0.2) is 59.8 Å². The lowest BCUT2D eigenvalue weighted by atomic mass is 10.1. The van der Waals surface area contributed by atoms with E-state index in [0.717, 1.165) is 22.8 Å². The van der Waals surface area contributed by atoms with Crippen molar-refractivity contribution < 1.29 is 8.42 Å². The quantitative estimate of drug-likeness (QED) is 0.768. The summed E-state index contributed by atoms with van der Waals surface area (Å²) in [5.74, 6) is 0. The number of rotatable bonds is 4. The molecule has 6 heteroatoms. The molecule has 0 atom stereocenters. The first kappa shape index (κ1) is 15.8. The van der Waals surface area contributed by atoms with Crippen LogP contribution < -0.4 is 4.72 Å². The van der Waals surface area contributed by atoms with Crippen LogP contribution in [0.5, 0.6) is 0 Å². The van der Waals surface area contributed by atoms with Gasteiger partial charge in [-0.05, 0) is 53.8 Å². The van der Waals surface area contributed by atoms with Crippen LogP contribution in [0.4, 0.5) is 5.69 Å². The van der Waals surface area contributed by atoms with Crippen LogP contribution in [-0.2, 0) is 16.4 Å². The third kappa shape index (κ3) is 3.30. The van der Waals surface area contributed by atoms with Gasteiger partial charge in [0.05, 0.1) is 4.90 Å². The predicted molar refractivity (Wildman–Crippen MR) is 93.4 cm³/mol. The number of sulfonamides is 1. The molecule has 3 aromatic rings. The smallest absolute Gasteiger partial charge is 0.261 e. The maximum absolute atomic E-state index is 12.4. The second kappa shape index (κ2) is 6.18. The molecule has 0 aliphatic heterocycles. The lowest BCUT2D eigenvalue weighted by Crippen LogP contribution is -2.12. The largest absolute Gasteiger partial charge is 0.280 e. The molecule has 0 amide bonds. The van der Waals surface area contributed by atoms with E-state index in [1.807, 2.05) is 19.1 Å². The van der Waals surface area contributed by atoms with E-state index in [2.05, 4.69) is 9.71 Å². The molecular formula is C17H15ClN2O2S. The standard InChI is InChI=1S/C17H15ClN2O2S/c1-2-12-10-19-11-13-3-6-15(9-17(12)13)20-23(21,22)16-7-4-14(18)5-8-16/h3-11,20H,2H2,1H3. The van der Waals surface area contributed by atoms with Crippen LogP contribution in [0.2, 0.25) is 5.02 Å². The maximum atomic E-state index is 12.4. The topological polar surface area (TPSA) is 59.1 Å². The number of halogens is 1. The summed E-state index contributed by atoms with van der Waals surface area (Å²) in [6.45, 7) is 2.04. The van der Waals surface area contributed by atoms with E-state index in [4.69, 9.17) is 11.6 Å².